The van der Waals surface area contributed by atoms with Crippen LogP contribution in [0.25, 0.3) is 0 Å². The van der Waals surface area contributed by atoms with Gasteiger partial charge in [-0.1, -0.05) is 15.9 Å². The molecule has 68 valence electrons. The number of nitrogen functional groups attached to an aromatic ring is 1. The highest BCUT2D eigenvalue weighted by atomic mass is 79.9. The average Bonchev–Trinajstić information content (AvgIpc) is 2.04. The first kappa shape index (κ1) is 11.8. The van der Waals surface area contributed by atoms with Crippen LogP contribution in [0, 0.1) is 0 Å². The summed E-state index contributed by atoms with van der Waals surface area (Å²) in [5, 5.41) is 0.845. The Bertz CT molecular complexity index is 213. The molecule has 0 saturated carbocycles. The molecule has 0 bridgehead atoms. The second kappa shape index (κ2) is 6.31. The van der Waals surface area contributed by atoms with E-state index < -0.39 is 0 Å². The molecule has 0 radical (unpaired) electrons. The van der Waals surface area contributed by atoms with Crippen LogP contribution in [0.1, 0.15) is 0 Å². The van der Waals surface area contributed by atoms with Crippen molar-refractivity contribution in [3.63, 3.8) is 0 Å². The molecular formula is C8H11Br2NO. The van der Waals surface area contributed by atoms with Gasteiger partial charge in [-0.15, -0.1) is 17.0 Å². The van der Waals surface area contributed by atoms with Gasteiger partial charge in [0.25, 0.3) is 0 Å². The average molecular weight is 297 g/mol. The summed E-state index contributed by atoms with van der Waals surface area (Å²) < 4.78 is 5.31. The van der Waals surface area contributed by atoms with E-state index in [0.717, 1.165) is 16.8 Å². The van der Waals surface area contributed by atoms with Gasteiger partial charge < -0.3 is 10.5 Å². The molecule has 0 fully saturated rings. The summed E-state index contributed by atoms with van der Waals surface area (Å²) in [4.78, 5) is 0. The Morgan fingerprint density at radius 2 is 1.83 bits per heavy atom. The van der Waals surface area contributed by atoms with Crippen LogP contribution in [0.3, 0.4) is 0 Å². The first-order valence-corrected chi connectivity index (χ1v) is 4.49. The molecule has 0 aromatic heterocycles. The first-order chi connectivity index (χ1) is 5.33. The fourth-order valence-electron chi connectivity index (χ4n) is 0.720. The lowest BCUT2D eigenvalue weighted by Gasteiger charge is -2.02. The van der Waals surface area contributed by atoms with Gasteiger partial charge in [0.15, 0.2) is 0 Å². The van der Waals surface area contributed by atoms with Crippen LogP contribution in [-0.4, -0.2) is 11.9 Å². The molecule has 0 amide bonds. The van der Waals surface area contributed by atoms with E-state index >= 15 is 0 Å². The van der Waals surface area contributed by atoms with Crippen molar-refractivity contribution in [3.05, 3.63) is 24.3 Å². The number of nitrogens with two attached hydrogens (primary N) is 1. The fraction of sp³-hybridized carbons (Fsp3) is 0.250. The predicted molar refractivity (Wildman–Crippen MR) is 60.5 cm³/mol. The molecule has 0 heterocycles. The molecule has 12 heavy (non-hydrogen) atoms. The summed E-state index contributed by atoms with van der Waals surface area (Å²) in [6, 6.07) is 7.36. The van der Waals surface area contributed by atoms with Crippen molar-refractivity contribution in [2.75, 3.05) is 17.7 Å². The monoisotopic (exact) mass is 295 g/mol. The smallest absolute Gasteiger partial charge is 0.119 e. The molecule has 2 N–H and O–H groups in total. The number of ether oxygens (including phenoxy) is 1. The van der Waals surface area contributed by atoms with Crippen molar-refractivity contribution in [3.8, 4) is 5.75 Å². The van der Waals surface area contributed by atoms with Crippen molar-refractivity contribution in [1.29, 1.82) is 0 Å². The zero-order valence-electron chi connectivity index (χ0n) is 6.50. The SMILES string of the molecule is Br.Nc1ccc(OCCBr)cc1. The van der Waals surface area contributed by atoms with E-state index in [2.05, 4.69) is 15.9 Å². The third-order valence-corrected chi connectivity index (χ3v) is 1.55. The van der Waals surface area contributed by atoms with E-state index in [1.54, 1.807) is 0 Å². The van der Waals surface area contributed by atoms with Gasteiger partial charge in [-0.3, -0.25) is 0 Å². The van der Waals surface area contributed by atoms with E-state index in [4.69, 9.17) is 10.5 Å². The maximum absolute atomic E-state index is 5.49. The van der Waals surface area contributed by atoms with Crippen molar-refractivity contribution >= 4 is 38.6 Å². The van der Waals surface area contributed by atoms with Crippen LogP contribution >= 0.6 is 32.9 Å². The van der Waals surface area contributed by atoms with Crippen molar-refractivity contribution < 1.29 is 4.74 Å². The highest BCUT2D eigenvalue weighted by molar-refractivity contribution is 9.09. The maximum Gasteiger partial charge on any atom is 0.119 e. The third kappa shape index (κ3) is 3.97. The van der Waals surface area contributed by atoms with Gasteiger partial charge in [-0.25, -0.2) is 0 Å². The largest absolute Gasteiger partial charge is 0.493 e. The zero-order chi connectivity index (χ0) is 8.10. The van der Waals surface area contributed by atoms with Gasteiger partial charge >= 0.3 is 0 Å². The van der Waals surface area contributed by atoms with E-state index in [1.165, 1.54) is 0 Å². The summed E-state index contributed by atoms with van der Waals surface area (Å²) in [5.41, 5.74) is 6.25. The summed E-state index contributed by atoms with van der Waals surface area (Å²) >= 11 is 3.27. The molecule has 1 aromatic carbocycles. The normalized spacial score (nSPS) is 8.75. The number of alkyl halides is 1. The van der Waals surface area contributed by atoms with Gasteiger partial charge in [0.2, 0.25) is 0 Å². The molecule has 1 aromatic rings. The molecule has 0 atom stereocenters. The summed E-state index contributed by atoms with van der Waals surface area (Å²) in [7, 11) is 0. The number of anilines is 1. The minimum atomic E-state index is 0. The molecular weight excluding hydrogens is 286 g/mol. The standard InChI is InChI=1S/C8H10BrNO.BrH/c9-5-6-11-8-3-1-7(10)2-4-8;/h1-4H,5-6,10H2;1H. The third-order valence-electron chi connectivity index (χ3n) is 1.23. The van der Waals surface area contributed by atoms with E-state index in [9.17, 15) is 0 Å². The Balaban J connectivity index is 0.00000121. The summed E-state index contributed by atoms with van der Waals surface area (Å²) in [6.45, 7) is 0.684. The lowest BCUT2D eigenvalue weighted by Crippen LogP contribution is -1.97. The molecule has 4 heteroatoms. The van der Waals surface area contributed by atoms with Gasteiger partial charge in [0.05, 0.1) is 6.61 Å². The minimum absolute atomic E-state index is 0. The van der Waals surface area contributed by atoms with Gasteiger partial charge in [0.1, 0.15) is 5.75 Å². The van der Waals surface area contributed by atoms with Gasteiger partial charge in [-0.2, -0.15) is 0 Å². The molecule has 1 rings (SSSR count). The van der Waals surface area contributed by atoms with Crippen LogP contribution in [0.15, 0.2) is 24.3 Å². The molecule has 0 spiro atoms. The quantitative estimate of drug-likeness (QED) is 0.687. The highest BCUT2D eigenvalue weighted by Gasteiger charge is 1.90. The Morgan fingerprint density at radius 1 is 1.25 bits per heavy atom. The minimum Gasteiger partial charge on any atom is -0.493 e. The van der Waals surface area contributed by atoms with Gasteiger partial charge in [-0.05, 0) is 24.3 Å². The number of benzene rings is 1. The van der Waals surface area contributed by atoms with E-state index in [0.29, 0.717) is 6.61 Å². The van der Waals surface area contributed by atoms with Crippen LogP contribution in [-0.2, 0) is 0 Å². The molecule has 0 aliphatic carbocycles. The Labute approximate surface area is 91.0 Å². The number of rotatable bonds is 3. The molecule has 0 saturated heterocycles. The molecule has 0 unspecified atom stereocenters. The van der Waals surface area contributed by atoms with Gasteiger partial charge in [0, 0.05) is 11.0 Å². The first-order valence-electron chi connectivity index (χ1n) is 3.37. The topological polar surface area (TPSA) is 35.2 Å². The lowest BCUT2D eigenvalue weighted by atomic mass is 10.3. The highest BCUT2D eigenvalue weighted by Crippen LogP contribution is 2.12. The fourth-order valence-corrected chi connectivity index (χ4v) is 0.882. The number of hydrogen-bond acceptors (Lipinski definition) is 2. The number of hydrogen-bond donors (Lipinski definition) is 1. The second-order valence-corrected chi connectivity index (χ2v) is 2.90. The van der Waals surface area contributed by atoms with Crippen LogP contribution in [0.4, 0.5) is 5.69 Å². The second-order valence-electron chi connectivity index (χ2n) is 2.11. The molecule has 0 aliphatic heterocycles. The van der Waals surface area contributed by atoms with Crippen molar-refractivity contribution in [2.24, 2.45) is 0 Å². The Kier molecular flexibility index (Phi) is 6.20. The Hall–Kier alpha value is -0.220. The van der Waals surface area contributed by atoms with E-state index in [-0.39, 0.29) is 17.0 Å². The summed E-state index contributed by atoms with van der Waals surface area (Å²) in [6.07, 6.45) is 0. The van der Waals surface area contributed by atoms with Crippen LogP contribution in [0.5, 0.6) is 5.75 Å². The van der Waals surface area contributed by atoms with Crippen LogP contribution in [0.2, 0.25) is 0 Å². The molecule has 2 nitrogen and oxygen atoms in total. The molecule has 0 aliphatic rings. The lowest BCUT2D eigenvalue weighted by molar-refractivity contribution is 0.345. The van der Waals surface area contributed by atoms with Crippen molar-refractivity contribution in [2.45, 2.75) is 0 Å². The predicted octanol–water partition coefficient (Wildman–Crippen LogP) is 2.62. The summed E-state index contributed by atoms with van der Waals surface area (Å²) in [5.74, 6) is 0.860. The zero-order valence-corrected chi connectivity index (χ0v) is 9.79. The maximum atomic E-state index is 5.49. The van der Waals surface area contributed by atoms with Crippen molar-refractivity contribution in [1.82, 2.24) is 0 Å². The van der Waals surface area contributed by atoms with E-state index in [1.807, 2.05) is 24.3 Å². The Morgan fingerprint density at radius 3 is 2.33 bits per heavy atom. The number of halogens is 2. The van der Waals surface area contributed by atoms with Crippen LogP contribution < -0.4 is 10.5 Å².